The van der Waals surface area contributed by atoms with Gasteiger partial charge in [-0.2, -0.15) is 0 Å². The largest absolute Gasteiger partial charge is 0.191 e. The molecule has 0 saturated heterocycles. The van der Waals surface area contributed by atoms with Crippen LogP contribution in [0.1, 0.15) is 22.3 Å². The van der Waals surface area contributed by atoms with Gasteiger partial charge in [0.25, 0.3) is 0 Å². The lowest BCUT2D eigenvalue weighted by molar-refractivity contribution is 1.35. The molecule has 1 radical (unpaired) electrons. The Morgan fingerprint density at radius 2 is 1.00 bits per heavy atom. The molecular formula is C16H18B. The molecule has 0 atom stereocenters. The normalized spacial score (nSPS) is 10.4. The fourth-order valence-electron chi connectivity index (χ4n) is 1.90. The van der Waals surface area contributed by atoms with E-state index in [0.717, 1.165) is 0 Å². The van der Waals surface area contributed by atoms with Crippen LogP contribution in [0.2, 0.25) is 0 Å². The molecule has 17 heavy (non-hydrogen) atoms. The standard InChI is InChI=1S/C16H18B/c1-11-5-7-15(9-13(11)3)17-16-8-6-12(2)14(4)10-16/h5-10H,1-4H3. The Bertz CT molecular complexity index is 492. The molecule has 2 aromatic carbocycles. The fraction of sp³-hybridized carbons (Fsp3) is 0.250. The van der Waals surface area contributed by atoms with Gasteiger partial charge in [-0.1, -0.05) is 47.3 Å². The van der Waals surface area contributed by atoms with Gasteiger partial charge in [-0.05, 0) is 49.9 Å². The van der Waals surface area contributed by atoms with Crippen LogP contribution in [0.3, 0.4) is 0 Å². The van der Waals surface area contributed by atoms with Crippen molar-refractivity contribution >= 4 is 18.2 Å². The second-order valence-corrected chi connectivity index (χ2v) is 4.83. The van der Waals surface area contributed by atoms with Gasteiger partial charge in [0.15, 0.2) is 7.28 Å². The van der Waals surface area contributed by atoms with Crippen molar-refractivity contribution in [2.24, 2.45) is 0 Å². The van der Waals surface area contributed by atoms with Crippen LogP contribution in [0.5, 0.6) is 0 Å². The first-order valence-electron chi connectivity index (χ1n) is 6.05. The van der Waals surface area contributed by atoms with Crippen molar-refractivity contribution < 1.29 is 0 Å². The molecule has 0 heterocycles. The lowest BCUT2D eigenvalue weighted by Gasteiger charge is -2.06. The van der Waals surface area contributed by atoms with Gasteiger partial charge in [0, 0.05) is 0 Å². The molecule has 0 fully saturated rings. The van der Waals surface area contributed by atoms with E-state index in [1.165, 1.54) is 33.2 Å². The first-order valence-corrected chi connectivity index (χ1v) is 6.05. The lowest BCUT2D eigenvalue weighted by Crippen LogP contribution is -2.27. The van der Waals surface area contributed by atoms with Crippen molar-refractivity contribution in [3.63, 3.8) is 0 Å². The Kier molecular flexibility index (Phi) is 3.37. The van der Waals surface area contributed by atoms with Gasteiger partial charge < -0.3 is 0 Å². The van der Waals surface area contributed by atoms with E-state index in [1.54, 1.807) is 0 Å². The van der Waals surface area contributed by atoms with Gasteiger partial charge in [0.1, 0.15) is 0 Å². The summed E-state index contributed by atoms with van der Waals surface area (Å²) in [6.45, 7) is 8.62. The minimum atomic E-state index is 1.27. The summed E-state index contributed by atoms with van der Waals surface area (Å²) in [5, 5.41) is 0. The predicted octanol–water partition coefficient (Wildman–Crippen LogP) is 2.58. The smallest absolute Gasteiger partial charge is 0.0812 e. The molecule has 0 bridgehead atoms. The van der Waals surface area contributed by atoms with E-state index in [-0.39, 0.29) is 0 Å². The van der Waals surface area contributed by atoms with E-state index in [0.29, 0.717) is 0 Å². The number of aryl methyl sites for hydroxylation is 4. The van der Waals surface area contributed by atoms with Crippen LogP contribution < -0.4 is 10.9 Å². The molecule has 0 aliphatic carbocycles. The van der Waals surface area contributed by atoms with Gasteiger partial charge in [-0.15, -0.1) is 0 Å². The summed E-state index contributed by atoms with van der Waals surface area (Å²) in [7, 11) is 2.24. The van der Waals surface area contributed by atoms with Crippen LogP contribution in [0.4, 0.5) is 0 Å². The lowest BCUT2D eigenvalue weighted by atomic mass is 9.63. The molecular weight excluding hydrogens is 203 g/mol. The molecule has 2 rings (SSSR count). The van der Waals surface area contributed by atoms with Crippen molar-refractivity contribution in [1.82, 2.24) is 0 Å². The van der Waals surface area contributed by atoms with Crippen LogP contribution in [-0.4, -0.2) is 7.28 Å². The predicted molar refractivity (Wildman–Crippen MR) is 76.9 cm³/mol. The summed E-state index contributed by atoms with van der Waals surface area (Å²) in [5.74, 6) is 0. The zero-order chi connectivity index (χ0) is 12.4. The number of hydrogen-bond acceptors (Lipinski definition) is 0. The maximum absolute atomic E-state index is 2.24. The SMILES string of the molecule is Cc1ccc([B]c2ccc(C)c(C)c2)cc1C. The van der Waals surface area contributed by atoms with Crippen molar-refractivity contribution in [3.05, 3.63) is 58.7 Å². The van der Waals surface area contributed by atoms with Gasteiger partial charge in [-0.3, -0.25) is 0 Å². The second kappa shape index (κ2) is 4.79. The Morgan fingerprint density at radius 1 is 0.588 bits per heavy atom. The summed E-state index contributed by atoms with van der Waals surface area (Å²) >= 11 is 0. The van der Waals surface area contributed by atoms with Gasteiger partial charge in [-0.25, -0.2) is 0 Å². The Balaban J connectivity index is 2.25. The van der Waals surface area contributed by atoms with E-state index in [4.69, 9.17) is 0 Å². The average molecular weight is 221 g/mol. The van der Waals surface area contributed by atoms with E-state index >= 15 is 0 Å². The molecule has 0 spiro atoms. The molecule has 1 heteroatoms. The van der Waals surface area contributed by atoms with Crippen LogP contribution >= 0.6 is 0 Å². The highest BCUT2D eigenvalue weighted by atomic mass is 14.0. The second-order valence-electron chi connectivity index (χ2n) is 4.83. The number of benzene rings is 2. The third kappa shape index (κ3) is 2.79. The monoisotopic (exact) mass is 221 g/mol. The highest BCUT2D eigenvalue weighted by Crippen LogP contribution is 2.04. The van der Waals surface area contributed by atoms with Gasteiger partial charge >= 0.3 is 0 Å². The van der Waals surface area contributed by atoms with Crippen molar-refractivity contribution in [1.29, 1.82) is 0 Å². The molecule has 0 saturated carbocycles. The van der Waals surface area contributed by atoms with E-state index < -0.39 is 0 Å². The minimum absolute atomic E-state index is 1.27. The van der Waals surface area contributed by atoms with Gasteiger partial charge in [0.2, 0.25) is 0 Å². The first-order chi connectivity index (χ1) is 8.06. The van der Waals surface area contributed by atoms with Crippen molar-refractivity contribution in [2.75, 3.05) is 0 Å². The van der Waals surface area contributed by atoms with Gasteiger partial charge in [0.05, 0.1) is 0 Å². The van der Waals surface area contributed by atoms with Crippen LogP contribution in [-0.2, 0) is 0 Å². The zero-order valence-electron chi connectivity index (χ0n) is 11.0. The van der Waals surface area contributed by atoms with E-state index in [1.807, 2.05) is 0 Å². The summed E-state index contributed by atoms with van der Waals surface area (Å²) in [6.07, 6.45) is 0. The summed E-state index contributed by atoms with van der Waals surface area (Å²) in [5.41, 5.74) is 7.95. The molecule has 2 aromatic rings. The average Bonchev–Trinajstić information content (AvgIpc) is 2.29. The molecule has 0 aliphatic rings. The third-order valence-corrected chi connectivity index (χ3v) is 3.40. The molecule has 0 aromatic heterocycles. The summed E-state index contributed by atoms with van der Waals surface area (Å²) in [4.78, 5) is 0. The quantitative estimate of drug-likeness (QED) is 0.683. The number of hydrogen-bond donors (Lipinski definition) is 0. The van der Waals surface area contributed by atoms with E-state index in [2.05, 4.69) is 71.4 Å². The van der Waals surface area contributed by atoms with Crippen molar-refractivity contribution in [2.45, 2.75) is 27.7 Å². The fourth-order valence-corrected chi connectivity index (χ4v) is 1.90. The Hall–Kier alpha value is -1.50. The van der Waals surface area contributed by atoms with Crippen LogP contribution in [0.15, 0.2) is 36.4 Å². The maximum atomic E-state index is 2.24. The molecule has 0 N–H and O–H groups in total. The molecule has 0 aliphatic heterocycles. The molecule has 0 unspecified atom stereocenters. The maximum Gasteiger partial charge on any atom is 0.191 e. The topological polar surface area (TPSA) is 0 Å². The minimum Gasteiger partial charge on any atom is -0.0812 e. The third-order valence-electron chi connectivity index (χ3n) is 3.40. The summed E-state index contributed by atoms with van der Waals surface area (Å²) in [6, 6.07) is 13.2. The molecule has 0 amide bonds. The Labute approximate surface area is 105 Å². The highest BCUT2D eigenvalue weighted by molar-refractivity contribution is 6.67. The Morgan fingerprint density at radius 3 is 1.35 bits per heavy atom. The van der Waals surface area contributed by atoms with Crippen LogP contribution in [0.25, 0.3) is 0 Å². The molecule has 85 valence electrons. The van der Waals surface area contributed by atoms with Crippen molar-refractivity contribution in [3.8, 4) is 0 Å². The molecule has 0 nitrogen and oxygen atoms in total. The first kappa shape index (κ1) is 12.0. The number of rotatable bonds is 2. The van der Waals surface area contributed by atoms with E-state index in [9.17, 15) is 0 Å². The highest BCUT2D eigenvalue weighted by Gasteiger charge is 2.02. The summed E-state index contributed by atoms with van der Waals surface area (Å²) < 4.78 is 0. The zero-order valence-corrected chi connectivity index (χ0v) is 11.0. The van der Waals surface area contributed by atoms with Crippen LogP contribution in [0, 0.1) is 27.7 Å².